The Labute approximate surface area is 239 Å². The normalized spacial score (nSPS) is 11.7. The van der Waals surface area contributed by atoms with Gasteiger partial charge in [-0.2, -0.15) is 0 Å². The van der Waals surface area contributed by atoms with Crippen LogP contribution in [-0.2, 0) is 28.4 Å². The van der Waals surface area contributed by atoms with E-state index in [0.29, 0.717) is 12.8 Å². The van der Waals surface area contributed by atoms with Crippen molar-refractivity contribution >= 4 is 31.5 Å². The number of carbonyl (C=O) groups is 4. The second-order valence-corrected chi connectivity index (χ2v) is 11.1. The minimum atomic E-state index is -4.45. The maximum atomic E-state index is 14.4. The smallest absolute Gasteiger partial charge is 0.431 e. The first-order chi connectivity index (χ1) is 19.6. The average Bonchev–Trinajstić information content (AvgIpc) is 2.95. The molecule has 0 aliphatic carbocycles. The Morgan fingerprint density at radius 2 is 1.27 bits per heavy atom. The summed E-state index contributed by atoms with van der Waals surface area (Å²) in [6, 6.07) is 11.9. The minimum Gasteiger partial charge on any atom is -0.481 e. The highest BCUT2D eigenvalue weighted by Crippen LogP contribution is 2.52. The van der Waals surface area contributed by atoms with Crippen molar-refractivity contribution in [3.8, 4) is 11.5 Å². The molecule has 41 heavy (non-hydrogen) atoms. The van der Waals surface area contributed by atoms with Gasteiger partial charge in [0, 0.05) is 6.42 Å². The van der Waals surface area contributed by atoms with Crippen LogP contribution >= 0.6 is 7.60 Å². The molecule has 2 aromatic carbocycles. The summed E-state index contributed by atoms with van der Waals surface area (Å²) in [7, 11) is -3.34. The fraction of sp³-hybridized carbons (Fsp3) is 0.448. The zero-order valence-electron chi connectivity index (χ0n) is 23.5. The fourth-order valence-electron chi connectivity index (χ4n) is 3.61. The van der Waals surface area contributed by atoms with Crippen LogP contribution < -0.4 is 9.05 Å². The summed E-state index contributed by atoms with van der Waals surface area (Å²) >= 11 is 0. The van der Waals surface area contributed by atoms with E-state index >= 15 is 0 Å². The lowest BCUT2D eigenvalue weighted by atomic mass is 10.1. The predicted molar refractivity (Wildman–Crippen MR) is 149 cm³/mol. The summed E-state index contributed by atoms with van der Waals surface area (Å²) in [5.74, 6) is -4.89. The third kappa shape index (κ3) is 10.9. The van der Waals surface area contributed by atoms with Gasteiger partial charge in [-0.3, -0.25) is 9.59 Å². The Morgan fingerprint density at radius 3 is 1.68 bits per heavy atom. The molecule has 224 valence electrons. The highest BCUT2D eigenvalue weighted by Gasteiger charge is 2.38. The van der Waals surface area contributed by atoms with Crippen LogP contribution in [0.5, 0.6) is 11.5 Å². The van der Waals surface area contributed by atoms with Crippen molar-refractivity contribution in [2.45, 2.75) is 52.4 Å². The summed E-state index contributed by atoms with van der Waals surface area (Å²) in [4.78, 5) is 49.3. The number of benzene rings is 2. The van der Waals surface area contributed by atoms with Crippen LogP contribution in [0.3, 0.4) is 0 Å². The number of para-hydroxylation sites is 2. The molecule has 0 radical (unpaired) electrons. The largest absolute Gasteiger partial charge is 0.481 e. The van der Waals surface area contributed by atoms with E-state index in [9.17, 15) is 28.8 Å². The Bertz CT molecular complexity index is 1160. The second-order valence-electron chi connectivity index (χ2n) is 9.10. The highest BCUT2D eigenvalue weighted by atomic mass is 31.2. The Kier molecular flexibility index (Phi) is 13.9. The van der Waals surface area contributed by atoms with Gasteiger partial charge in [0.05, 0.1) is 32.4 Å². The molecule has 2 aromatic rings. The molecule has 11 nitrogen and oxygen atoms in total. The van der Waals surface area contributed by atoms with Crippen LogP contribution in [0.4, 0.5) is 0 Å². The standard InChI is InChI=1S/C29H37O11P/c1-4-6-18-37-28(33)22-12-8-10-14-24(22)39-41(35,20-21(27(32)36-3)16-17-26(30)31)40-25-15-11-9-13-23(25)29(34)38-19-7-5-2/h8-15,21H,4-7,16-20H2,1-3H3,(H,30,31). The number of ether oxygens (including phenoxy) is 3. The number of esters is 3. The van der Waals surface area contributed by atoms with E-state index in [0.717, 1.165) is 20.0 Å². The van der Waals surface area contributed by atoms with Crippen LogP contribution in [-0.4, -0.2) is 55.5 Å². The van der Waals surface area contributed by atoms with Crippen LogP contribution in [0.2, 0.25) is 0 Å². The van der Waals surface area contributed by atoms with Gasteiger partial charge in [0.1, 0.15) is 22.6 Å². The molecule has 1 unspecified atom stereocenters. The number of hydrogen-bond donors (Lipinski definition) is 1. The lowest BCUT2D eigenvalue weighted by molar-refractivity contribution is -0.145. The first kappa shape index (κ1) is 33.4. The van der Waals surface area contributed by atoms with Gasteiger partial charge >= 0.3 is 31.5 Å². The number of hydrogen-bond acceptors (Lipinski definition) is 10. The Morgan fingerprint density at radius 1 is 0.805 bits per heavy atom. The van der Waals surface area contributed by atoms with Crippen molar-refractivity contribution in [1.29, 1.82) is 0 Å². The molecule has 0 spiro atoms. The molecule has 0 heterocycles. The van der Waals surface area contributed by atoms with Gasteiger partial charge in [-0.25, -0.2) is 14.2 Å². The van der Waals surface area contributed by atoms with Gasteiger partial charge in [0.15, 0.2) is 0 Å². The monoisotopic (exact) mass is 592 g/mol. The van der Waals surface area contributed by atoms with Gasteiger partial charge in [-0.05, 0) is 43.5 Å². The van der Waals surface area contributed by atoms with E-state index < -0.39 is 50.0 Å². The fourth-order valence-corrected chi connectivity index (χ4v) is 5.59. The van der Waals surface area contributed by atoms with E-state index in [4.69, 9.17) is 23.3 Å². The molecule has 1 N–H and O–H groups in total. The molecule has 0 saturated heterocycles. The Hall–Kier alpha value is -3.85. The molecular weight excluding hydrogens is 555 g/mol. The lowest BCUT2D eigenvalue weighted by Gasteiger charge is -2.25. The first-order valence-electron chi connectivity index (χ1n) is 13.4. The SMILES string of the molecule is CCCCOC(=O)c1ccccc1OP(=O)(CC(CCC(=O)O)C(=O)OC)Oc1ccccc1C(=O)OCCCC. The number of carbonyl (C=O) groups excluding carboxylic acids is 3. The van der Waals surface area contributed by atoms with Crippen LogP contribution in [0.25, 0.3) is 0 Å². The van der Waals surface area contributed by atoms with Crippen LogP contribution in [0, 0.1) is 5.92 Å². The summed E-state index contributed by atoms with van der Waals surface area (Å²) < 4.78 is 41.5. The van der Waals surface area contributed by atoms with Gasteiger partial charge in [-0.15, -0.1) is 0 Å². The highest BCUT2D eigenvalue weighted by molar-refractivity contribution is 7.54. The zero-order chi connectivity index (χ0) is 30.3. The minimum absolute atomic E-state index is 0.0279. The van der Waals surface area contributed by atoms with Crippen molar-refractivity contribution < 1.29 is 52.1 Å². The van der Waals surface area contributed by atoms with Gasteiger partial charge in [-0.1, -0.05) is 51.0 Å². The third-order valence-corrected chi connectivity index (χ3v) is 7.67. The Balaban J connectivity index is 2.50. The van der Waals surface area contributed by atoms with Gasteiger partial charge < -0.3 is 28.4 Å². The quantitative estimate of drug-likeness (QED) is 0.0952. The number of unbranched alkanes of at least 4 members (excludes halogenated alkanes) is 2. The number of rotatable bonds is 18. The molecule has 0 bridgehead atoms. The number of carboxylic acid groups (broad SMARTS) is 1. The summed E-state index contributed by atoms with van der Waals surface area (Å²) in [5, 5.41) is 9.17. The van der Waals surface area contributed by atoms with Crippen LogP contribution in [0.15, 0.2) is 48.5 Å². The van der Waals surface area contributed by atoms with E-state index in [-0.39, 0.29) is 42.3 Å². The first-order valence-corrected chi connectivity index (χ1v) is 15.2. The van der Waals surface area contributed by atoms with Gasteiger partial charge in [0.25, 0.3) is 0 Å². The van der Waals surface area contributed by atoms with E-state index in [2.05, 4.69) is 0 Å². The molecule has 0 aliphatic heterocycles. The summed E-state index contributed by atoms with van der Waals surface area (Å²) in [6.07, 6.45) is 1.66. The van der Waals surface area contributed by atoms with Gasteiger partial charge in [0.2, 0.25) is 0 Å². The van der Waals surface area contributed by atoms with E-state index in [1.165, 1.54) is 24.3 Å². The average molecular weight is 593 g/mol. The summed E-state index contributed by atoms with van der Waals surface area (Å²) in [5.41, 5.74) is -0.0558. The van der Waals surface area contributed by atoms with Crippen molar-refractivity contribution in [2.24, 2.45) is 5.92 Å². The predicted octanol–water partition coefficient (Wildman–Crippen LogP) is 5.91. The van der Waals surface area contributed by atoms with Crippen molar-refractivity contribution in [1.82, 2.24) is 0 Å². The molecule has 0 amide bonds. The molecule has 2 rings (SSSR count). The molecule has 0 aromatic heterocycles. The second kappa shape index (κ2) is 17.1. The van der Waals surface area contributed by atoms with Crippen molar-refractivity contribution in [3.63, 3.8) is 0 Å². The number of carboxylic acids is 1. The number of methoxy groups -OCH3 is 1. The zero-order valence-corrected chi connectivity index (χ0v) is 24.4. The molecule has 0 aliphatic rings. The summed E-state index contributed by atoms with van der Waals surface area (Å²) in [6.45, 7) is 4.23. The molecule has 1 atom stereocenters. The molecule has 0 fully saturated rings. The third-order valence-electron chi connectivity index (χ3n) is 5.84. The molecular formula is C29H37O11P. The van der Waals surface area contributed by atoms with E-state index in [1.54, 1.807) is 24.3 Å². The molecule has 0 saturated carbocycles. The maximum Gasteiger partial charge on any atom is 0.431 e. The molecule has 12 heteroatoms. The van der Waals surface area contributed by atoms with E-state index in [1.807, 2.05) is 13.8 Å². The topological polar surface area (TPSA) is 152 Å². The lowest BCUT2D eigenvalue weighted by Crippen LogP contribution is -2.24. The van der Waals surface area contributed by atoms with Crippen LogP contribution in [0.1, 0.15) is 73.1 Å². The van der Waals surface area contributed by atoms with Crippen molar-refractivity contribution in [3.05, 3.63) is 59.7 Å². The maximum absolute atomic E-state index is 14.4. The van der Waals surface area contributed by atoms with Crippen molar-refractivity contribution in [2.75, 3.05) is 26.5 Å². The number of aliphatic carboxylic acids is 1.